The van der Waals surface area contributed by atoms with Crippen molar-refractivity contribution in [2.24, 2.45) is 0 Å². The second kappa shape index (κ2) is 5.65. The average molecular weight is 318 g/mol. The van der Waals surface area contributed by atoms with Crippen LogP contribution in [0.4, 0.5) is 0 Å². The Hall–Kier alpha value is -1.42. The van der Waals surface area contributed by atoms with Crippen LogP contribution in [0.2, 0.25) is 0 Å². The summed E-state index contributed by atoms with van der Waals surface area (Å²) >= 11 is 1.79. The third kappa shape index (κ3) is 3.49. The molecule has 0 aliphatic carbocycles. The van der Waals surface area contributed by atoms with Crippen LogP contribution in [0, 0.1) is 6.92 Å². The van der Waals surface area contributed by atoms with E-state index >= 15 is 0 Å². The van der Waals surface area contributed by atoms with Crippen molar-refractivity contribution >= 4 is 11.8 Å². The van der Waals surface area contributed by atoms with Crippen molar-refractivity contribution < 1.29 is 5.11 Å². The number of hydrogen-bond acceptors (Lipinski definition) is 3. The van der Waals surface area contributed by atoms with Gasteiger partial charge in [-0.25, -0.2) is 0 Å². The largest absolute Gasteiger partial charge is 0.504 e. The molecule has 0 saturated carbocycles. The summed E-state index contributed by atoms with van der Waals surface area (Å²) in [5, 5.41) is 15.3. The van der Waals surface area contributed by atoms with Gasteiger partial charge in [0.15, 0.2) is 5.75 Å². The van der Waals surface area contributed by atoms with Gasteiger partial charge in [-0.05, 0) is 33.8 Å². The molecule has 0 spiro atoms. The molecule has 0 saturated heterocycles. The second-order valence-electron chi connectivity index (χ2n) is 7.58. The van der Waals surface area contributed by atoms with Crippen LogP contribution in [0.25, 0.3) is 11.3 Å². The maximum absolute atomic E-state index is 10.6. The van der Waals surface area contributed by atoms with Crippen LogP contribution in [0.1, 0.15) is 47.2 Å². The maximum atomic E-state index is 10.6. The van der Waals surface area contributed by atoms with E-state index in [-0.39, 0.29) is 16.0 Å². The van der Waals surface area contributed by atoms with Crippen molar-refractivity contribution in [3.63, 3.8) is 0 Å². The Bertz CT molecular complexity index is 675. The van der Waals surface area contributed by atoms with Crippen molar-refractivity contribution in [1.82, 2.24) is 9.78 Å². The van der Waals surface area contributed by atoms with Gasteiger partial charge in [-0.3, -0.25) is 4.68 Å². The Morgan fingerprint density at radius 2 is 1.64 bits per heavy atom. The van der Waals surface area contributed by atoms with E-state index in [1.54, 1.807) is 11.8 Å². The first kappa shape index (κ1) is 16.9. The van der Waals surface area contributed by atoms with Crippen molar-refractivity contribution in [3.8, 4) is 17.0 Å². The minimum Gasteiger partial charge on any atom is -0.504 e. The highest BCUT2D eigenvalue weighted by atomic mass is 32.2. The monoisotopic (exact) mass is 318 g/mol. The minimum atomic E-state index is -0.161. The number of thioether (sulfide) groups is 1. The van der Waals surface area contributed by atoms with E-state index in [0.717, 1.165) is 16.2 Å². The normalized spacial score (nSPS) is 12.7. The van der Waals surface area contributed by atoms with Crippen LogP contribution in [-0.4, -0.2) is 19.6 Å². The summed E-state index contributed by atoms with van der Waals surface area (Å²) in [4.78, 5) is 1.14. The topological polar surface area (TPSA) is 38.1 Å². The second-order valence-corrected chi connectivity index (χ2v) is 9.44. The van der Waals surface area contributed by atoms with Crippen LogP contribution in [0.3, 0.4) is 0 Å². The van der Waals surface area contributed by atoms with E-state index in [1.165, 1.54) is 0 Å². The van der Waals surface area contributed by atoms with Gasteiger partial charge < -0.3 is 5.11 Å². The highest BCUT2D eigenvalue weighted by Gasteiger charge is 2.25. The number of nitrogens with zero attached hydrogens (tertiary/aromatic N) is 2. The SMILES string of the molecule is Cc1c(O)c(-c2ccccc2SC(C)(C)C)nn1C(C)(C)C. The third-order valence-corrected chi connectivity index (χ3v) is 4.47. The smallest absolute Gasteiger partial charge is 0.164 e. The van der Waals surface area contributed by atoms with Gasteiger partial charge in [0.05, 0.1) is 11.2 Å². The summed E-state index contributed by atoms with van der Waals surface area (Å²) < 4.78 is 2.00. The Kier molecular flexibility index (Phi) is 4.35. The molecular weight excluding hydrogens is 292 g/mol. The van der Waals surface area contributed by atoms with Crippen LogP contribution in [0.15, 0.2) is 29.2 Å². The van der Waals surface area contributed by atoms with E-state index in [0.29, 0.717) is 5.69 Å². The molecule has 2 rings (SSSR count). The molecule has 0 radical (unpaired) electrons. The maximum Gasteiger partial charge on any atom is 0.164 e. The fraction of sp³-hybridized carbons (Fsp3) is 0.500. The Balaban J connectivity index is 2.59. The summed E-state index contributed by atoms with van der Waals surface area (Å²) in [6.45, 7) is 14.7. The Labute approximate surface area is 137 Å². The molecule has 3 nitrogen and oxygen atoms in total. The summed E-state index contributed by atoms with van der Waals surface area (Å²) in [6, 6.07) is 8.15. The minimum absolute atomic E-state index is 0.105. The van der Waals surface area contributed by atoms with E-state index < -0.39 is 0 Å². The summed E-state index contributed by atoms with van der Waals surface area (Å²) in [5.41, 5.74) is 2.30. The van der Waals surface area contributed by atoms with Crippen LogP contribution in [-0.2, 0) is 5.54 Å². The van der Waals surface area contributed by atoms with Crippen LogP contribution in [0.5, 0.6) is 5.75 Å². The van der Waals surface area contributed by atoms with Gasteiger partial charge in [0.1, 0.15) is 5.69 Å². The Morgan fingerprint density at radius 3 is 2.14 bits per heavy atom. The molecule has 22 heavy (non-hydrogen) atoms. The van der Waals surface area contributed by atoms with Gasteiger partial charge in [0, 0.05) is 15.2 Å². The van der Waals surface area contributed by atoms with Gasteiger partial charge in [-0.2, -0.15) is 5.10 Å². The van der Waals surface area contributed by atoms with E-state index in [4.69, 9.17) is 5.10 Å². The lowest BCUT2D eigenvalue weighted by Gasteiger charge is -2.21. The summed E-state index contributed by atoms with van der Waals surface area (Å²) in [7, 11) is 0. The lowest BCUT2D eigenvalue weighted by molar-refractivity contribution is 0.345. The first-order chi connectivity index (χ1) is 10.0. The van der Waals surface area contributed by atoms with Crippen molar-refractivity contribution in [2.75, 3.05) is 0 Å². The van der Waals surface area contributed by atoms with Crippen molar-refractivity contribution in [3.05, 3.63) is 30.0 Å². The molecule has 4 heteroatoms. The summed E-state index contributed by atoms with van der Waals surface area (Å²) in [6.07, 6.45) is 0. The number of hydrogen-bond donors (Lipinski definition) is 1. The number of benzene rings is 1. The van der Waals surface area contributed by atoms with Crippen molar-refractivity contribution in [1.29, 1.82) is 0 Å². The lowest BCUT2D eigenvalue weighted by Crippen LogP contribution is -2.24. The Morgan fingerprint density at radius 1 is 1.05 bits per heavy atom. The zero-order valence-corrected chi connectivity index (χ0v) is 15.4. The number of rotatable bonds is 2. The molecule has 1 heterocycles. The predicted octanol–water partition coefficient (Wildman–Crippen LogP) is 5.21. The number of aromatic nitrogens is 2. The predicted molar refractivity (Wildman–Crippen MR) is 94.7 cm³/mol. The molecule has 2 aromatic rings. The zero-order chi connectivity index (χ0) is 16.7. The molecule has 1 N–H and O–H groups in total. The van der Waals surface area contributed by atoms with Crippen molar-refractivity contribution in [2.45, 2.75) is 63.6 Å². The van der Waals surface area contributed by atoms with Crippen LogP contribution < -0.4 is 0 Å². The van der Waals surface area contributed by atoms with Gasteiger partial charge in [0.2, 0.25) is 0 Å². The highest BCUT2D eigenvalue weighted by molar-refractivity contribution is 8.00. The van der Waals surface area contributed by atoms with E-state index in [1.807, 2.05) is 29.8 Å². The third-order valence-electron chi connectivity index (χ3n) is 3.28. The molecule has 120 valence electrons. The van der Waals surface area contributed by atoms with Gasteiger partial charge >= 0.3 is 0 Å². The molecule has 0 amide bonds. The molecule has 0 aliphatic rings. The lowest BCUT2D eigenvalue weighted by atomic mass is 10.1. The first-order valence-electron chi connectivity index (χ1n) is 7.58. The molecule has 0 unspecified atom stereocenters. The van der Waals surface area contributed by atoms with E-state index in [2.05, 4.69) is 47.6 Å². The zero-order valence-electron chi connectivity index (χ0n) is 14.6. The molecule has 0 bridgehead atoms. The molecule has 0 aliphatic heterocycles. The standard InChI is InChI=1S/C18H26N2OS/c1-12-16(21)15(19-20(12)17(2,3)4)13-10-8-9-11-14(13)22-18(5,6)7/h8-11,21H,1-7H3. The fourth-order valence-electron chi connectivity index (χ4n) is 2.41. The van der Waals surface area contributed by atoms with Gasteiger partial charge in [-0.15, -0.1) is 11.8 Å². The average Bonchev–Trinajstić information content (AvgIpc) is 2.65. The fourth-order valence-corrected chi connectivity index (χ4v) is 3.49. The van der Waals surface area contributed by atoms with Gasteiger partial charge in [0.25, 0.3) is 0 Å². The van der Waals surface area contributed by atoms with E-state index in [9.17, 15) is 5.11 Å². The van der Waals surface area contributed by atoms with Crippen LogP contribution >= 0.6 is 11.8 Å². The first-order valence-corrected chi connectivity index (χ1v) is 8.40. The molecule has 1 aromatic heterocycles. The van der Waals surface area contributed by atoms with Gasteiger partial charge in [-0.1, -0.05) is 39.0 Å². The molecule has 0 atom stereocenters. The summed E-state index contributed by atoms with van der Waals surface area (Å²) in [5.74, 6) is 0.275. The number of aromatic hydroxyl groups is 1. The molecular formula is C18H26N2OS. The molecule has 0 fully saturated rings. The molecule has 1 aromatic carbocycles. The quantitative estimate of drug-likeness (QED) is 0.772. The highest BCUT2D eigenvalue weighted by Crippen LogP contribution is 2.42.